The average molecular weight is 334 g/mol. The van der Waals surface area contributed by atoms with E-state index in [1.807, 2.05) is 6.92 Å². The molecule has 1 unspecified atom stereocenters. The average Bonchev–Trinajstić information content (AvgIpc) is 2.39. The van der Waals surface area contributed by atoms with Gasteiger partial charge in [-0.05, 0) is 38.0 Å². The number of rotatable bonds is 6. The van der Waals surface area contributed by atoms with Crippen LogP contribution >= 0.6 is 11.6 Å². The van der Waals surface area contributed by atoms with Crippen molar-refractivity contribution in [3.05, 3.63) is 22.7 Å². The van der Waals surface area contributed by atoms with Crippen LogP contribution in [-0.4, -0.2) is 26.9 Å². The number of nitrogen functional groups attached to an aromatic ring is 1. The Morgan fingerprint density at radius 1 is 1.43 bits per heavy atom. The van der Waals surface area contributed by atoms with Gasteiger partial charge in [-0.1, -0.05) is 18.5 Å². The van der Waals surface area contributed by atoms with Gasteiger partial charge in [0.2, 0.25) is 15.9 Å². The molecule has 21 heavy (non-hydrogen) atoms. The van der Waals surface area contributed by atoms with Crippen molar-refractivity contribution in [2.24, 2.45) is 0 Å². The molecule has 0 aliphatic heterocycles. The van der Waals surface area contributed by atoms with Crippen molar-refractivity contribution < 1.29 is 13.2 Å². The molecule has 118 valence electrons. The van der Waals surface area contributed by atoms with Crippen LogP contribution in [0.1, 0.15) is 25.8 Å². The maximum absolute atomic E-state index is 12.3. The highest BCUT2D eigenvalue weighted by atomic mass is 35.5. The Morgan fingerprint density at radius 3 is 2.62 bits per heavy atom. The lowest BCUT2D eigenvalue weighted by Crippen LogP contribution is -2.45. The molecule has 8 heteroatoms. The third kappa shape index (κ3) is 4.59. The first-order chi connectivity index (χ1) is 9.69. The van der Waals surface area contributed by atoms with Crippen LogP contribution in [-0.2, 0) is 14.8 Å². The Kier molecular flexibility index (Phi) is 6.00. The topological polar surface area (TPSA) is 101 Å². The molecule has 1 aromatic carbocycles. The molecule has 0 saturated carbocycles. The zero-order chi connectivity index (χ0) is 16.2. The van der Waals surface area contributed by atoms with E-state index in [1.165, 1.54) is 19.1 Å². The number of nitrogens with two attached hydrogens (primary N) is 1. The number of halogens is 1. The normalized spacial score (nSPS) is 13.0. The van der Waals surface area contributed by atoms with Crippen LogP contribution in [0.25, 0.3) is 0 Å². The second kappa shape index (κ2) is 7.11. The van der Waals surface area contributed by atoms with E-state index >= 15 is 0 Å². The zero-order valence-corrected chi connectivity index (χ0v) is 13.8. The highest BCUT2D eigenvalue weighted by Crippen LogP contribution is 2.25. The SMILES string of the molecule is CCCNC(=O)C(C)NS(=O)(=O)c1cc(Cl)cc(N)c1C. The molecule has 4 N–H and O–H groups in total. The van der Waals surface area contributed by atoms with Gasteiger partial charge in [0.05, 0.1) is 10.9 Å². The Morgan fingerprint density at radius 2 is 2.05 bits per heavy atom. The Bertz CT molecular complexity index is 632. The van der Waals surface area contributed by atoms with E-state index in [4.69, 9.17) is 17.3 Å². The molecule has 1 rings (SSSR count). The second-order valence-electron chi connectivity index (χ2n) is 4.75. The van der Waals surface area contributed by atoms with E-state index in [9.17, 15) is 13.2 Å². The Labute approximate surface area is 130 Å². The van der Waals surface area contributed by atoms with Crippen molar-refractivity contribution in [3.8, 4) is 0 Å². The zero-order valence-electron chi connectivity index (χ0n) is 12.2. The molecule has 6 nitrogen and oxygen atoms in total. The molecule has 0 bridgehead atoms. The summed E-state index contributed by atoms with van der Waals surface area (Å²) in [4.78, 5) is 11.7. The Balaban J connectivity index is 3.00. The first-order valence-corrected chi connectivity index (χ1v) is 8.40. The number of carbonyl (C=O) groups excluding carboxylic acids is 1. The summed E-state index contributed by atoms with van der Waals surface area (Å²) in [6.07, 6.45) is 0.773. The molecular weight excluding hydrogens is 314 g/mol. The van der Waals surface area contributed by atoms with Gasteiger partial charge in [-0.25, -0.2) is 8.42 Å². The highest BCUT2D eigenvalue weighted by Gasteiger charge is 2.24. The molecular formula is C13H20ClN3O3S. The van der Waals surface area contributed by atoms with Crippen LogP contribution in [0.4, 0.5) is 5.69 Å². The van der Waals surface area contributed by atoms with Gasteiger partial charge in [0.1, 0.15) is 0 Å². The fraction of sp³-hybridized carbons (Fsp3) is 0.462. The van der Waals surface area contributed by atoms with Gasteiger partial charge in [-0.15, -0.1) is 0 Å². The molecule has 1 amide bonds. The van der Waals surface area contributed by atoms with Crippen molar-refractivity contribution in [2.45, 2.75) is 38.1 Å². The first kappa shape index (κ1) is 17.7. The molecule has 0 fully saturated rings. The molecule has 0 aliphatic carbocycles. The highest BCUT2D eigenvalue weighted by molar-refractivity contribution is 7.89. The van der Waals surface area contributed by atoms with E-state index < -0.39 is 16.1 Å². The number of amides is 1. The van der Waals surface area contributed by atoms with E-state index in [0.717, 1.165) is 6.42 Å². The summed E-state index contributed by atoms with van der Waals surface area (Å²) in [6.45, 7) is 5.47. The number of anilines is 1. The van der Waals surface area contributed by atoms with Gasteiger partial charge in [-0.2, -0.15) is 4.72 Å². The summed E-state index contributed by atoms with van der Waals surface area (Å²) >= 11 is 5.84. The van der Waals surface area contributed by atoms with Gasteiger partial charge in [0.25, 0.3) is 0 Å². The van der Waals surface area contributed by atoms with Crippen molar-refractivity contribution in [3.63, 3.8) is 0 Å². The molecule has 0 heterocycles. The predicted octanol–water partition coefficient (Wildman–Crippen LogP) is 1.42. The van der Waals surface area contributed by atoms with E-state index in [1.54, 1.807) is 6.92 Å². The third-order valence-electron chi connectivity index (χ3n) is 2.93. The van der Waals surface area contributed by atoms with Crippen molar-refractivity contribution in [1.29, 1.82) is 0 Å². The van der Waals surface area contributed by atoms with Crippen molar-refractivity contribution in [2.75, 3.05) is 12.3 Å². The maximum Gasteiger partial charge on any atom is 0.241 e. The summed E-state index contributed by atoms with van der Waals surface area (Å²) in [7, 11) is -3.88. The fourth-order valence-corrected chi connectivity index (χ4v) is 3.50. The lowest BCUT2D eigenvalue weighted by Gasteiger charge is -2.16. The van der Waals surface area contributed by atoms with E-state index in [-0.39, 0.29) is 21.5 Å². The third-order valence-corrected chi connectivity index (χ3v) is 4.81. The van der Waals surface area contributed by atoms with Crippen LogP contribution in [0, 0.1) is 6.92 Å². The lowest BCUT2D eigenvalue weighted by atomic mass is 10.2. The Hall–Kier alpha value is -1.31. The summed E-state index contributed by atoms with van der Waals surface area (Å²) in [6, 6.07) is 1.90. The first-order valence-electron chi connectivity index (χ1n) is 6.54. The number of nitrogens with one attached hydrogen (secondary N) is 2. The summed E-state index contributed by atoms with van der Waals surface area (Å²) < 4.78 is 27.0. The summed E-state index contributed by atoms with van der Waals surface area (Å²) in [5, 5.41) is 2.85. The maximum atomic E-state index is 12.3. The predicted molar refractivity (Wildman–Crippen MR) is 83.7 cm³/mol. The molecule has 0 saturated heterocycles. The van der Waals surface area contributed by atoms with E-state index in [2.05, 4.69) is 10.0 Å². The minimum Gasteiger partial charge on any atom is -0.398 e. The molecule has 0 aromatic heterocycles. The van der Waals surface area contributed by atoms with Crippen LogP contribution in [0.3, 0.4) is 0 Å². The number of carbonyl (C=O) groups is 1. The molecule has 1 atom stereocenters. The van der Waals surface area contributed by atoms with E-state index in [0.29, 0.717) is 12.1 Å². The van der Waals surface area contributed by atoms with Gasteiger partial charge < -0.3 is 11.1 Å². The minimum atomic E-state index is -3.88. The van der Waals surface area contributed by atoms with Crippen LogP contribution in [0.15, 0.2) is 17.0 Å². The fourth-order valence-electron chi connectivity index (χ4n) is 1.70. The van der Waals surface area contributed by atoms with Gasteiger partial charge >= 0.3 is 0 Å². The van der Waals surface area contributed by atoms with Gasteiger partial charge in [0.15, 0.2) is 0 Å². The second-order valence-corrected chi connectivity index (χ2v) is 6.87. The molecule has 0 radical (unpaired) electrons. The standard InChI is InChI=1S/C13H20ClN3O3S/c1-4-5-16-13(18)9(3)17-21(19,20)12-7-10(14)6-11(15)8(12)2/h6-7,9,17H,4-5,15H2,1-3H3,(H,16,18). The quantitative estimate of drug-likeness (QED) is 0.685. The number of hydrogen-bond acceptors (Lipinski definition) is 4. The monoisotopic (exact) mass is 333 g/mol. The summed E-state index contributed by atoms with van der Waals surface area (Å²) in [5.74, 6) is -0.381. The number of sulfonamides is 1. The molecule has 0 spiro atoms. The van der Waals surface area contributed by atoms with Crippen molar-refractivity contribution in [1.82, 2.24) is 10.0 Å². The number of hydrogen-bond donors (Lipinski definition) is 3. The van der Waals surface area contributed by atoms with Gasteiger partial charge in [0, 0.05) is 17.3 Å². The number of benzene rings is 1. The smallest absolute Gasteiger partial charge is 0.241 e. The minimum absolute atomic E-state index is 0.0253. The molecule has 0 aliphatic rings. The molecule has 1 aromatic rings. The van der Waals surface area contributed by atoms with Crippen LogP contribution in [0.5, 0.6) is 0 Å². The summed E-state index contributed by atoms with van der Waals surface area (Å²) in [5.41, 5.74) is 6.40. The largest absolute Gasteiger partial charge is 0.398 e. The van der Waals surface area contributed by atoms with Gasteiger partial charge in [-0.3, -0.25) is 4.79 Å². The van der Waals surface area contributed by atoms with Crippen LogP contribution < -0.4 is 15.8 Å². The van der Waals surface area contributed by atoms with Crippen molar-refractivity contribution >= 4 is 33.2 Å². The lowest BCUT2D eigenvalue weighted by molar-refractivity contribution is -0.122. The van der Waals surface area contributed by atoms with Crippen LogP contribution in [0.2, 0.25) is 5.02 Å².